The van der Waals surface area contributed by atoms with E-state index in [0.29, 0.717) is 19.4 Å². The molecule has 0 atom stereocenters. The summed E-state index contributed by atoms with van der Waals surface area (Å²) in [6, 6.07) is 8.50. The van der Waals surface area contributed by atoms with Gasteiger partial charge in [-0.2, -0.15) is 0 Å². The number of pyridine rings is 1. The van der Waals surface area contributed by atoms with Crippen molar-refractivity contribution in [1.82, 2.24) is 14.9 Å². The van der Waals surface area contributed by atoms with Gasteiger partial charge in [0.05, 0.1) is 9.88 Å². The lowest BCUT2D eigenvalue weighted by atomic mass is 10.1. The molecule has 0 saturated carbocycles. The van der Waals surface area contributed by atoms with Gasteiger partial charge in [-0.3, -0.25) is 4.90 Å². The van der Waals surface area contributed by atoms with Gasteiger partial charge in [0.1, 0.15) is 12.0 Å². The van der Waals surface area contributed by atoms with Crippen LogP contribution in [0.15, 0.2) is 48.9 Å². The molecule has 1 aliphatic rings. The van der Waals surface area contributed by atoms with Crippen LogP contribution in [-0.4, -0.2) is 40.7 Å². The molecule has 0 radical (unpaired) electrons. The van der Waals surface area contributed by atoms with E-state index in [0.717, 1.165) is 48.2 Å². The molecule has 0 spiro atoms. The number of alkyl halides is 1. The minimum Gasteiger partial charge on any atom is -0.343 e. The minimum absolute atomic E-state index is 0.613. The highest BCUT2D eigenvalue weighted by Gasteiger charge is 2.18. The Balaban J connectivity index is 1.46. The Bertz CT molecular complexity index is 991. The second-order valence-electron chi connectivity index (χ2n) is 7.68. The number of hydrogen-bond donors (Lipinski definition) is 1. The molecule has 2 aromatic heterocycles. The van der Waals surface area contributed by atoms with Crippen molar-refractivity contribution in [1.29, 1.82) is 0 Å². The number of fused-ring (bicyclic) bond motifs is 1. The first kappa shape index (κ1) is 20.0. The van der Waals surface area contributed by atoms with Crippen LogP contribution < -0.4 is 5.32 Å². The van der Waals surface area contributed by atoms with E-state index >= 15 is 0 Å². The van der Waals surface area contributed by atoms with Crippen LogP contribution >= 0.6 is 11.3 Å². The maximum Gasteiger partial charge on any atom is 0.130 e. The predicted molar refractivity (Wildman–Crippen MR) is 120 cm³/mol. The van der Waals surface area contributed by atoms with Gasteiger partial charge < -0.3 is 5.32 Å². The molecule has 6 heteroatoms. The van der Waals surface area contributed by atoms with Gasteiger partial charge in [-0.15, -0.1) is 11.3 Å². The SMILES string of the molecule is C=C(CN1CCC(F)CC1)Nc1cc2cc(-c3cnc(CCC)s3)ccc2cn1. The Kier molecular flexibility index (Phi) is 6.21. The molecule has 0 unspecified atom stereocenters. The third kappa shape index (κ3) is 5.00. The maximum absolute atomic E-state index is 13.3. The van der Waals surface area contributed by atoms with E-state index < -0.39 is 6.17 Å². The Hall–Kier alpha value is -2.31. The van der Waals surface area contributed by atoms with Gasteiger partial charge in [0.2, 0.25) is 0 Å². The fourth-order valence-corrected chi connectivity index (χ4v) is 4.70. The number of piperidine rings is 1. The second kappa shape index (κ2) is 9.01. The number of aryl methyl sites for hydroxylation is 1. The summed E-state index contributed by atoms with van der Waals surface area (Å²) in [5.41, 5.74) is 2.07. The topological polar surface area (TPSA) is 41.0 Å². The first-order valence-corrected chi connectivity index (χ1v) is 11.1. The summed E-state index contributed by atoms with van der Waals surface area (Å²) >= 11 is 1.76. The standard InChI is InChI=1S/C23H27FN4S/c1-3-4-23-26-14-21(29-23)17-5-6-18-13-25-22(12-19(18)11-17)27-16(2)15-28-9-7-20(24)8-10-28/h5-6,11-14,20H,2-4,7-10,15H2,1H3,(H,25,27). The molecule has 1 aliphatic heterocycles. The minimum atomic E-state index is -0.652. The Morgan fingerprint density at radius 3 is 2.83 bits per heavy atom. The van der Waals surface area contributed by atoms with E-state index in [1.54, 1.807) is 11.3 Å². The number of likely N-dealkylation sites (tertiary alicyclic amines) is 1. The first-order valence-electron chi connectivity index (χ1n) is 10.3. The van der Waals surface area contributed by atoms with Crippen LogP contribution in [0.5, 0.6) is 0 Å². The zero-order valence-electron chi connectivity index (χ0n) is 16.8. The van der Waals surface area contributed by atoms with Crippen molar-refractivity contribution in [3.63, 3.8) is 0 Å². The molecule has 0 amide bonds. The van der Waals surface area contributed by atoms with Gasteiger partial charge in [0.25, 0.3) is 0 Å². The molecule has 4 rings (SSSR count). The molecule has 3 aromatic rings. The van der Waals surface area contributed by atoms with E-state index in [-0.39, 0.29) is 0 Å². The van der Waals surface area contributed by atoms with Gasteiger partial charge in [-0.25, -0.2) is 14.4 Å². The number of rotatable bonds is 7. The number of thiazole rings is 1. The van der Waals surface area contributed by atoms with Crippen LogP contribution in [0.25, 0.3) is 21.2 Å². The number of benzene rings is 1. The maximum atomic E-state index is 13.3. The van der Waals surface area contributed by atoms with E-state index in [9.17, 15) is 4.39 Å². The number of hydrogen-bond acceptors (Lipinski definition) is 5. The summed E-state index contributed by atoms with van der Waals surface area (Å²) in [5, 5.41) is 6.75. The quantitative estimate of drug-likeness (QED) is 0.545. The number of nitrogens with one attached hydrogen (secondary N) is 1. The highest BCUT2D eigenvalue weighted by atomic mass is 32.1. The first-order chi connectivity index (χ1) is 14.1. The van der Waals surface area contributed by atoms with Gasteiger partial charge in [-0.1, -0.05) is 25.6 Å². The lowest BCUT2D eigenvalue weighted by Crippen LogP contribution is -2.36. The average molecular weight is 411 g/mol. The van der Waals surface area contributed by atoms with Gasteiger partial charge in [0, 0.05) is 43.1 Å². The third-order valence-corrected chi connectivity index (χ3v) is 6.37. The summed E-state index contributed by atoms with van der Waals surface area (Å²) in [7, 11) is 0. The summed E-state index contributed by atoms with van der Waals surface area (Å²) in [5.74, 6) is 0.788. The van der Waals surface area contributed by atoms with Crippen LogP contribution in [0, 0.1) is 0 Å². The van der Waals surface area contributed by atoms with Crippen LogP contribution in [0.4, 0.5) is 10.2 Å². The van der Waals surface area contributed by atoms with E-state index in [1.165, 1.54) is 15.4 Å². The van der Waals surface area contributed by atoms with Crippen LogP contribution in [-0.2, 0) is 6.42 Å². The molecule has 0 bridgehead atoms. The third-order valence-electron chi connectivity index (χ3n) is 5.26. The van der Waals surface area contributed by atoms with Crippen molar-refractivity contribution in [2.45, 2.75) is 38.8 Å². The van der Waals surface area contributed by atoms with Crippen molar-refractivity contribution >= 4 is 27.9 Å². The fourth-order valence-electron chi connectivity index (χ4n) is 3.69. The molecule has 3 heterocycles. The lowest BCUT2D eigenvalue weighted by molar-refractivity contribution is 0.160. The largest absolute Gasteiger partial charge is 0.343 e. The highest BCUT2D eigenvalue weighted by Crippen LogP contribution is 2.30. The van der Waals surface area contributed by atoms with Gasteiger partial charge in [0.15, 0.2) is 0 Å². The molecule has 0 aliphatic carbocycles. The zero-order chi connectivity index (χ0) is 20.2. The Labute approximate surface area is 175 Å². The molecule has 1 N–H and O–H groups in total. The van der Waals surface area contributed by atoms with E-state index in [4.69, 9.17) is 0 Å². The Morgan fingerprint density at radius 1 is 1.21 bits per heavy atom. The van der Waals surface area contributed by atoms with E-state index in [1.807, 2.05) is 12.4 Å². The molecular formula is C23H27FN4S. The Morgan fingerprint density at radius 2 is 2.03 bits per heavy atom. The smallest absolute Gasteiger partial charge is 0.130 e. The predicted octanol–water partition coefficient (Wildman–Crippen LogP) is 5.67. The monoisotopic (exact) mass is 410 g/mol. The molecule has 152 valence electrons. The second-order valence-corrected chi connectivity index (χ2v) is 8.79. The number of anilines is 1. The van der Waals surface area contributed by atoms with Crippen molar-refractivity contribution in [3.8, 4) is 10.4 Å². The zero-order valence-corrected chi connectivity index (χ0v) is 17.6. The number of nitrogens with zero attached hydrogens (tertiary/aromatic N) is 3. The summed E-state index contributed by atoms with van der Waals surface area (Å²) in [6.07, 6.45) is 6.57. The summed E-state index contributed by atoms with van der Waals surface area (Å²) in [6.45, 7) is 8.59. The van der Waals surface area contributed by atoms with Gasteiger partial charge >= 0.3 is 0 Å². The molecule has 4 nitrogen and oxygen atoms in total. The van der Waals surface area contributed by atoms with Gasteiger partial charge in [-0.05, 0) is 48.8 Å². The molecule has 1 saturated heterocycles. The molecule has 1 aromatic carbocycles. The number of aromatic nitrogens is 2. The van der Waals surface area contributed by atoms with Crippen LogP contribution in [0.2, 0.25) is 0 Å². The molecule has 29 heavy (non-hydrogen) atoms. The molecule has 1 fully saturated rings. The lowest BCUT2D eigenvalue weighted by Gasteiger charge is -2.29. The molecular weight excluding hydrogens is 383 g/mol. The fraction of sp³-hybridized carbons (Fsp3) is 0.391. The van der Waals surface area contributed by atoms with Crippen LogP contribution in [0.3, 0.4) is 0 Å². The number of halogens is 1. The summed E-state index contributed by atoms with van der Waals surface area (Å²) < 4.78 is 13.3. The van der Waals surface area contributed by atoms with Crippen LogP contribution in [0.1, 0.15) is 31.2 Å². The van der Waals surface area contributed by atoms with Crippen molar-refractivity contribution in [2.24, 2.45) is 0 Å². The summed E-state index contributed by atoms with van der Waals surface area (Å²) in [4.78, 5) is 12.5. The van der Waals surface area contributed by atoms with Crippen molar-refractivity contribution in [3.05, 3.63) is 53.9 Å². The van der Waals surface area contributed by atoms with Crippen molar-refractivity contribution < 1.29 is 4.39 Å². The normalized spacial score (nSPS) is 15.7. The van der Waals surface area contributed by atoms with E-state index in [2.05, 4.69) is 58.0 Å². The highest BCUT2D eigenvalue weighted by molar-refractivity contribution is 7.15. The average Bonchev–Trinajstić information content (AvgIpc) is 3.18. The van der Waals surface area contributed by atoms with Crippen molar-refractivity contribution in [2.75, 3.05) is 25.0 Å².